The molecule has 0 spiro atoms. The van der Waals surface area contributed by atoms with Crippen LogP contribution in [-0.2, 0) is 11.2 Å². The van der Waals surface area contributed by atoms with Gasteiger partial charge >= 0.3 is 0 Å². The number of ketones is 1. The first-order chi connectivity index (χ1) is 6.79. The lowest BCUT2D eigenvalue weighted by Crippen LogP contribution is -2.04. The minimum absolute atomic E-state index is 0.331. The van der Waals surface area contributed by atoms with Crippen LogP contribution in [-0.4, -0.2) is 17.9 Å². The molecule has 0 radical (unpaired) electrons. The van der Waals surface area contributed by atoms with Crippen LogP contribution in [0.2, 0.25) is 0 Å². The van der Waals surface area contributed by atoms with Gasteiger partial charge in [0.05, 0.1) is 7.11 Å². The topological polar surface area (TPSA) is 39.2 Å². The van der Waals surface area contributed by atoms with Gasteiger partial charge in [0.15, 0.2) is 0 Å². The summed E-state index contributed by atoms with van der Waals surface area (Å²) in [5.74, 6) is 1.27. The van der Waals surface area contributed by atoms with Gasteiger partial charge in [-0.2, -0.15) is 0 Å². The summed E-state index contributed by atoms with van der Waals surface area (Å²) in [5, 5.41) is 0. The van der Waals surface area contributed by atoms with E-state index in [0.717, 1.165) is 18.4 Å². The van der Waals surface area contributed by atoms with Crippen molar-refractivity contribution in [1.82, 2.24) is 4.98 Å². The molecule has 1 fully saturated rings. The van der Waals surface area contributed by atoms with Gasteiger partial charge in [-0.1, -0.05) is 6.07 Å². The Bertz CT molecular complexity index is 328. The van der Waals surface area contributed by atoms with Crippen molar-refractivity contribution in [2.24, 2.45) is 5.92 Å². The molecule has 1 aromatic heterocycles. The molecule has 0 bridgehead atoms. The summed E-state index contributed by atoms with van der Waals surface area (Å²) in [7, 11) is 1.58. The molecule has 0 saturated heterocycles. The third kappa shape index (κ3) is 2.10. The molecule has 0 atom stereocenters. The number of hydrogen-bond acceptors (Lipinski definition) is 3. The molecule has 1 aromatic rings. The standard InChI is InChI=1S/C11H13NO2/c1-14-11-5-2-8(7-12-11)6-10(13)9-3-4-9/h2,5,7,9H,3-4,6H2,1H3. The summed E-state index contributed by atoms with van der Waals surface area (Å²) in [5.41, 5.74) is 0.975. The molecule has 0 aromatic carbocycles. The highest BCUT2D eigenvalue weighted by atomic mass is 16.5. The molecule has 1 heterocycles. The molecular weight excluding hydrogens is 178 g/mol. The van der Waals surface area contributed by atoms with Crippen LogP contribution in [0.25, 0.3) is 0 Å². The summed E-state index contributed by atoms with van der Waals surface area (Å²) >= 11 is 0. The zero-order chi connectivity index (χ0) is 9.97. The second-order valence-corrected chi connectivity index (χ2v) is 3.63. The van der Waals surface area contributed by atoms with Gasteiger partial charge in [-0.05, 0) is 18.4 Å². The number of hydrogen-bond donors (Lipinski definition) is 0. The average Bonchev–Trinajstić information content (AvgIpc) is 3.02. The Morgan fingerprint density at radius 3 is 2.86 bits per heavy atom. The molecule has 0 unspecified atom stereocenters. The molecular formula is C11H13NO2. The maximum atomic E-state index is 11.5. The number of ether oxygens (including phenoxy) is 1. The maximum Gasteiger partial charge on any atom is 0.212 e. The summed E-state index contributed by atoms with van der Waals surface area (Å²) in [6.45, 7) is 0. The average molecular weight is 191 g/mol. The van der Waals surface area contributed by atoms with Gasteiger partial charge < -0.3 is 4.74 Å². The number of methoxy groups -OCH3 is 1. The van der Waals surface area contributed by atoms with E-state index >= 15 is 0 Å². The van der Waals surface area contributed by atoms with E-state index in [-0.39, 0.29) is 0 Å². The quantitative estimate of drug-likeness (QED) is 0.725. The lowest BCUT2D eigenvalue weighted by atomic mass is 10.1. The molecule has 14 heavy (non-hydrogen) atoms. The Kier molecular flexibility index (Phi) is 2.48. The van der Waals surface area contributed by atoms with E-state index in [4.69, 9.17) is 4.74 Å². The highest BCUT2D eigenvalue weighted by Crippen LogP contribution is 2.30. The van der Waals surface area contributed by atoms with E-state index in [2.05, 4.69) is 4.98 Å². The highest BCUT2D eigenvalue weighted by molar-refractivity contribution is 5.85. The van der Waals surface area contributed by atoms with Crippen LogP contribution in [0.3, 0.4) is 0 Å². The van der Waals surface area contributed by atoms with Crippen molar-refractivity contribution >= 4 is 5.78 Å². The Hall–Kier alpha value is -1.38. The van der Waals surface area contributed by atoms with E-state index < -0.39 is 0 Å². The van der Waals surface area contributed by atoms with Crippen LogP contribution in [0.15, 0.2) is 18.3 Å². The van der Waals surface area contributed by atoms with Crippen LogP contribution in [0.1, 0.15) is 18.4 Å². The maximum absolute atomic E-state index is 11.5. The van der Waals surface area contributed by atoms with Gasteiger partial charge in [0, 0.05) is 24.6 Å². The Morgan fingerprint density at radius 1 is 1.57 bits per heavy atom. The predicted molar refractivity (Wildman–Crippen MR) is 52.2 cm³/mol. The van der Waals surface area contributed by atoms with Crippen molar-refractivity contribution in [3.05, 3.63) is 23.9 Å². The molecule has 0 N–H and O–H groups in total. The minimum atomic E-state index is 0.331. The molecule has 2 rings (SSSR count). The third-order valence-corrected chi connectivity index (χ3v) is 2.42. The van der Waals surface area contributed by atoms with Crippen LogP contribution < -0.4 is 4.74 Å². The molecule has 0 amide bonds. The van der Waals surface area contributed by atoms with Crippen molar-refractivity contribution < 1.29 is 9.53 Å². The van der Waals surface area contributed by atoms with Crippen LogP contribution in [0.5, 0.6) is 5.88 Å². The number of nitrogens with zero attached hydrogens (tertiary/aromatic N) is 1. The Labute approximate surface area is 83.1 Å². The number of Topliss-reactive ketones (excluding diaryl/α,β-unsaturated/α-hetero) is 1. The largest absolute Gasteiger partial charge is 0.481 e. The van der Waals surface area contributed by atoms with Crippen molar-refractivity contribution in [2.45, 2.75) is 19.3 Å². The van der Waals surface area contributed by atoms with E-state index in [1.807, 2.05) is 6.07 Å². The van der Waals surface area contributed by atoms with Crippen LogP contribution in [0, 0.1) is 5.92 Å². The van der Waals surface area contributed by atoms with Gasteiger partial charge in [-0.15, -0.1) is 0 Å². The molecule has 0 aliphatic heterocycles. The summed E-state index contributed by atoms with van der Waals surface area (Å²) in [6, 6.07) is 3.68. The number of aromatic nitrogens is 1. The number of carbonyl (C=O) groups excluding carboxylic acids is 1. The fourth-order valence-corrected chi connectivity index (χ4v) is 1.39. The number of carbonyl (C=O) groups is 1. The zero-order valence-corrected chi connectivity index (χ0v) is 8.19. The second kappa shape index (κ2) is 3.78. The van der Waals surface area contributed by atoms with Gasteiger partial charge in [0.1, 0.15) is 5.78 Å². The lowest BCUT2D eigenvalue weighted by Gasteiger charge is -2.01. The van der Waals surface area contributed by atoms with Gasteiger partial charge in [0.2, 0.25) is 5.88 Å². The van der Waals surface area contributed by atoms with E-state index in [1.54, 1.807) is 19.4 Å². The normalized spacial score (nSPS) is 15.2. The van der Waals surface area contributed by atoms with E-state index in [9.17, 15) is 4.79 Å². The highest BCUT2D eigenvalue weighted by Gasteiger charge is 2.29. The fourth-order valence-electron chi connectivity index (χ4n) is 1.39. The van der Waals surface area contributed by atoms with Crippen molar-refractivity contribution in [3.63, 3.8) is 0 Å². The third-order valence-electron chi connectivity index (χ3n) is 2.42. The summed E-state index contributed by atoms with van der Waals surface area (Å²) < 4.78 is 4.94. The first-order valence-electron chi connectivity index (χ1n) is 4.81. The van der Waals surface area contributed by atoms with Crippen LogP contribution >= 0.6 is 0 Å². The molecule has 74 valence electrons. The Morgan fingerprint density at radius 2 is 2.36 bits per heavy atom. The van der Waals surface area contributed by atoms with Crippen molar-refractivity contribution in [1.29, 1.82) is 0 Å². The molecule has 3 nitrogen and oxygen atoms in total. The molecule has 3 heteroatoms. The predicted octanol–water partition coefficient (Wildman–Crippen LogP) is 1.61. The molecule has 1 aliphatic carbocycles. The molecule has 1 aliphatic rings. The van der Waals surface area contributed by atoms with E-state index in [0.29, 0.717) is 24.0 Å². The minimum Gasteiger partial charge on any atom is -0.481 e. The fraction of sp³-hybridized carbons (Fsp3) is 0.455. The van der Waals surface area contributed by atoms with Crippen LogP contribution in [0.4, 0.5) is 0 Å². The zero-order valence-electron chi connectivity index (χ0n) is 8.19. The van der Waals surface area contributed by atoms with Crippen molar-refractivity contribution in [3.8, 4) is 5.88 Å². The Balaban J connectivity index is 1.98. The first kappa shape index (κ1) is 9.19. The monoisotopic (exact) mass is 191 g/mol. The first-order valence-corrected chi connectivity index (χ1v) is 4.81. The summed E-state index contributed by atoms with van der Waals surface area (Å²) in [6.07, 6.45) is 4.37. The summed E-state index contributed by atoms with van der Waals surface area (Å²) in [4.78, 5) is 15.5. The van der Waals surface area contributed by atoms with E-state index in [1.165, 1.54) is 0 Å². The van der Waals surface area contributed by atoms with Gasteiger partial charge in [0.25, 0.3) is 0 Å². The molecule has 1 saturated carbocycles. The lowest BCUT2D eigenvalue weighted by molar-refractivity contribution is -0.119. The van der Waals surface area contributed by atoms with Gasteiger partial charge in [-0.25, -0.2) is 4.98 Å². The smallest absolute Gasteiger partial charge is 0.212 e. The SMILES string of the molecule is COc1ccc(CC(=O)C2CC2)cn1. The number of pyridine rings is 1. The number of rotatable bonds is 4. The second-order valence-electron chi connectivity index (χ2n) is 3.63. The van der Waals surface area contributed by atoms with Crippen molar-refractivity contribution in [2.75, 3.05) is 7.11 Å². The van der Waals surface area contributed by atoms with Gasteiger partial charge in [-0.3, -0.25) is 4.79 Å².